The van der Waals surface area contributed by atoms with Crippen LogP contribution in [0.4, 0.5) is 21.6 Å². The first-order chi connectivity index (χ1) is 12.0. The zero-order valence-corrected chi connectivity index (χ0v) is 14.3. The number of hydrogen-bond donors (Lipinski definition) is 2. The topological polar surface area (TPSA) is 54.0 Å². The number of benzene rings is 2. The zero-order chi connectivity index (χ0) is 17.8. The van der Waals surface area contributed by atoms with E-state index in [2.05, 4.69) is 15.6 Å². The Morgan fingerprint density at radius 3 is 2.40 bits per heavy atom. The number of aromatic nitrogens is 1. The number of nitrogens with one attached hydrogen (secondary N) is 2. The maximum atomic E-state index is 13.2. The van der Waals surface area contributed by atoms with Gasteiger partial charge >= 0.3 is 0 Å². The number of pyridine rings is 1. The van der Waals surface area contributed by atoms with Crippen molar-refractivity contribution in [1.82, 2.24) is 4.98 Å². The third kappa shape index (κ3) is 4.26. The van der Waals surface area contributed by atoms with Crippen LogP contribution in [-0.2, 0) is 0 Å². The molecule has 0 radical (unpaired) electrons. The van der Waals surface area contributed by atoms with Crippen molar-refractivity contribution < 1.29 is 9.18 Å². The lowest BCUT2D eigenvalue weighted by molar-refractivity contribution is 0.102. The van der Waals surface area contributed by atoms with E-state index in [0.29, 0.717) is 27.8 Å². The predicted octanol–water partition coefficient (Wildman–Crippen LogP) is 5.52. The summed E-state index contributed by atoms with van der Waals surface area (Å²) in [6, 6.07) is 14.4. The minimum absolute atomic E-state index is 0.0219. The summed E-state index contributed by atoms with van der Waals surface area (Å²) in [7, 11) is 0. The van der Waals surface area contributed by atoms with E-state index in [1.807, 2.05) is 0 Å². The second-order valence-corrected chi connectivity index (χ2v) is 5.93. The molecule has 0 aliphatic rings. The van der Waals surface area contributed by atoms with Gasteiger partial charge in [0.25, 0.3) is 5.91 Å². The van der Waals surface area contributed by atoms with Gasteiger partial charge in [0.2, 0.25) is 0 Å². The van der Waals surface area contributed by atoms with E-state index in [1.54, 1.807) is 42.5 Å². The molecule has 0 saturated carbocycles. The number of hydrogen-bond acceptors (Lipinski definition) is 3. The highest BCUT2D eigenvalue weighted by Crippen LogP contribution is 2.23. The second kappa shape index (κ2) is 7.51. The maximum Gasteiger partial charge on any atom is 0.257 e. The van der Waals surface area contributed by atoms with E-state index in [0.717, 1.165) is 0 Å². The van der Waals surface area contributed by atoms with Gasteiger partial charge in [0.1, 0.15) is 11.6 Å². The van der Waals surface area contributed by atoms with Crippen LogP contribution in [0.15, 0.2) is 60.8 Å². The van der Waals surface area contributed by atoms with Crippen LogP contribution in [0.2, 0.25) is 10.0 Å². The summed E-state index contributed by atoms with van der Waals surface area (Å²) in [5.74, 6) is -0.283. The van der Waals surface area contributed by atoms with E-state index in [-0.39, 0.29) is 10.9 Å². The number of rotatable bonds is 4. The average Bonchev–Trinajstić information content (AvgIpc) is 2.60. The average molecular weight is 376 g/mol. The number of nitrogens with zero attached hydrogens (tertiary/aromatic N) is 1. The summed E-state index contributed by atoms with van der Waals surface area (Å²) in [6.45, 7) is 0. The third-order valence-corrected chi connectivity index (χ3v) is 3.95. The quantitative estimate of drug-likeness (QED) is 0.630. The van der Waals surface area contributed by atoms with Gasteiger partial charge in [-0.2, -0.15) is 0 Å². The second-order valence-electron chi connectivity index (χ2n) is 5.12. The Hall–Kier alpha value is -2.63. The minimum atomic E-state index is -0.488. The molecule has 0 aliphatic heterocycles. The van der Waals surface area contributed by atoms with Crippen LogP contribution in [-0.4, -0.2) is 10.9 Å². The maximum absolute atomic E-state index is 13.2. The fraction of sp³-hybridized carbons (Fsp3) is 0. The number of amides is 1. The molecular formula is C18H12Cl2FN3O. The van der Waals surface area contributed by atoms with Gasteiger partial charge in [0.05, 0.1) is 27.5 Å². The van der Waals surface area contributed by atoms with Gasteiger partial charge in [-0.05, 0) is 42.5 Å². The van der Waals surface area contributed by atoms with Gasteiger partial charge in [-0.1, -0.05) is 35.3 Å². The number of carbonyl (C=O) groups is 1. The predicted molar refractivity (Wildman–Crippen MR) is 98.3 cm³/mol. The van der Waals surface area contributed by atoms with Gasteiger partial charge in [-0.3, -0.25) is 4.79 Å². The molecule has 25 heavy (non-hydrogen) atoms. The summed E-state index contributed by atoms with van der Waals surface area (Å²) in [5.41, 5.74) is 1.51. The third-order valence-electron chi connectivity index (χ3n) is 3.33. The first-order valence-electron chi connectivity index (χ1n) is 7.27. The van der Waals surface area contributed by atoms with Crippen molar-refractivity contribution in [2.24, 2.45) is 0 Å². The SMILES string of the molecule is O=C(Nc1ccc(Nc2ccc(F)c(Cl)c2)nc1)c1ccccc1Cl. The summed E-state index contributed by atoms with van der Waals surface area (Å²) in [4.78, 5) is 16.4. The van der Waals surface area contributed by atoms with Crippen molar-refractivity contribution >= 4 is 46.3 Å². The van der Waals surface area contributed by atoms with Crippen LogP contribution < -0.4 is 10.6 Å². The van der Waals surface area contributed by atoms with Crippen molar-refractivity contribution in [2.45, 2.75) is 0 Å². The molecule has 1 heterocycles. The molecule has 0 unspecified atom stereocenters. The molecule has 1 amide bonds. The molecule has 0 atom stereocenters. The van der Waals surface area contributed by atoms with Crippen molar-refractivity contribution in [3.63, 3.8) is 0 Å². The molecule has 0 bridgehead atoms. The normalized spacial score (nSPS) is 10.4. The van der Waals surface area contributed by atoms with Gasteiger partial charge < -0.3 is 10.6 Å². The van der Waals surface area contributed by atoms with E-state index < -0.39 is 5.82 Å². The standard InChI is InChI=1S/C18H12Cl2FN3O/c19-14-4-2-1-3-13(14)18(25)24-12-6-8-17(22-10-12)23-11-5-7-16(21)15(20)9-11/h1-10H,(H,22,23)(H,24,25). The van der Waals surface area contributed by atoms with Crippen LogP contribution in [0, 0.1) is 5.82 Å². The van der Waals surface area contributed by atoms with Crippen LogP contribution >= 0.6 is 23.2 Å². The Morgan fingerprint density at radius 1 is 0.960 bits per heavy atom. The molecule has 0 aliphatic carbocycles. The first kappa shape index (κ1) is 17.2. The van der Waals surface area contributed by atoms with E-state index in [4.69, 9.17) is 23.2 Å². The smallest absolute Gasteiger partial charge is 0.257 e. The molecule has 3 aromatic rings. The summed E-state index contributed by atoms with van der Waals surface area (Å²) in [5, 5.41) is 6.12. The molecule has 126 valence electrons. The molecule has 7 heteroatoms. The summed E-state index contributed by atoms with van der Waals surface area (Å²) < 4.78 is 13.2. The molecular weight excluding hydrogens is 364 g/mol. The Bertz CT molecular complexity index is 916. The van der Waals surface area contributed by atoms with Gasteiger partial charge in [-0.25, -0.2) is 9.37 Å². The number of halogens is 3. The van der Waals surface area contributed by atoms with Crippen molar-refractivity contribution in [3.8, 4) is 0 Å². The fourth-order valence-corrected chi connectivity index (χ4v) is 2.51. The zero-order valence-electron chi connectivity index (χ0n) is 12.8. The van der Waals surface area contributed by atoms with E-state index in [1.165, 1.54) is 18.3 Å². The Morgan fingerprint density at radius 2 is 1.72 bits per heavy atom. The van der Waals surface area contributed by atoms with Crippen LogP contribution in [0.5, 0.6) is 0 Å². The molecule has 4 nitrogen and oxygen atoms in total. The van der Waals surface area contributed by atoms with Gasteiger partial charge in [-0.15, -0.1) is 0 Å². The first-order valence-corrected chi connectivity index (χ1v) is 8.02. The van der Waals surface area contributed by atoms with Crippen LogP contribution in [0.3, 0.4) is 0 Å². The fourth-order valence-electron chi connectivity index (χ4n) is 2.11. The number of anilines is 3. The molecule has 2 N–H and O–H groups in total. The highest BCUT2D eigenvalue weighted by Gasteiger charge is 2.10. The van der Waals surface area contributed by atoms with Gasteiger partial charge in [0.15, 0.2) is 0 Å². The Labute approximate surface area is 153 Å². The Balaban J connectivity index is 1.69. The Kier molecular flexibility index (Phi) is 5.16. The molecule has 1 aromatic heterocycles. The molecule has 0 fully saturated rings. The van der Waals surface area contributed by atoms with Gasteiger partial charge in [0, 0.05) is 5.69 Å². The molecule has 0 saturated heterocycles. The molecule has 2 aromatic carbocycles. The lowest BCUT2D eigenvalue weighted by Crippen LogP contribution is -2.12. The summed E-state index contributed by atoms with van der Waals surface area (Å²) in [6.07, 6.45) is 1.50. The van der Waals surface area contributed by atoms with Crippen LogP contribution in [0.25, 0.3) is 0 Å². The van der Waals surface area contributed by atoms with Crippen molar-refractivity contribution in [1.29, 1.82) is 0 Å². The van der Waals surface area contributed by atoms with Crippen molar-refractivity contribution in [3.05, 3.63) is 82.2 Å². The van der Waals surface area contributed by atoms with E-state index in [9.17, 15) is 9.18 Å². The lowest BCUT2D eigenvalue weighted by Gasteiger charge is -2.09. The largest absolute Gasteiger partial charge is 0.340 e. The summed E-state index contributed by atoms with van der Waals surface area (Å²) >= 11 is 11.7. The monoisotopic (exact) mass is 375 g/mol. The van der Waals surface area contributed by atoms with Crippen LogP contribution in [0.1, 0.15) is 10.4 Å². The highest BCUT2D eigenvalue weighted by molar-refractivity contribution is 6.34. The minimum Gasteiger partial charge on any atom is -0.340 e. The molecule has 3 rings (SSSR count). The van der Waals surface area contributed by atoms with Crippen molar-refractivity contribution in [2.75, 3.05) is 10.6 Å². The molecule has 0 spiro atoms. The lowest BCUT2D eigenvalue weighted by atomic mass is 10.2. The van der Waals surface area contributed by atoms with E-state index >= 15 is 0 Å². The highest BCUT2D eigenvalue weighted by atomic mass is 35.5. The number of carbonyl (C=O) groups excluding carboxylic acids is 1.